The number of carbonyl (C=O) groups is 1. The minimum atomic E-state index is -4.89. The Hall–Kier alpha value is -1.59. The van der Waals surface area contributed by atoms with Crippen molar-refractivity contribution in [3.8, 4) is 11.5 Å². The van der Waals surface area contributed by atoms with Crippen LogP contribution in [-0.4, -0.2) is 28.2 Å². The smallest absolute Gasteiger partial charge is 0.495 e. The number of halogens is 5. The predicted octanol–water partition coefficient (Wildman–Crippen LogP) is 4.76. The average Bonchev–Trinajstić information content (AvgIpc) is 2.55. The molecule has 0 amide bonds. The minimum Gasteiger partial charge on any atom is -0.495 e. The zero-order valence-electron chi connectivity index (χ0n) is 12.8. The number of carbonyl (C=O) groups excluding carboxylic acids is 1. The van der Waals surface area contributed by atoms with Gasteiger partial charge >= 0.3 is 6.36 Å². The van der Waals surface area contributed by atoms with Gasteiger partial charge in [0.2, 0.25) is 9.84 Å². The summed E-state index contributed by atoms with van der Waals surface area (Å²) < 4.78 is 71.5. The summed E-state index contributed by atoms with van der Waals surface area (Å²) in [5.74, 6) is -0.655. The van der Waals surface area contributed by atoms with Crippen molar-refractivity contribution in [1.82, 2.24) is 0 Å². The number of benzene rings is 2. The highest BCUT2D eigenvalue weighted by Gasteiger charge is 2.32. The fourth-order valence-corrected chi connectivity index (χ4v) is 5.11. The lowest BCUT2D eigenvalue weighted by molar-refractivity contribution is -0.274. The van der Waals surface area contributed by atoms with E-state index in [-0.39, 0.29) is 30.0 Å². The zero-order valence-corrected chi connectivity index (χ0v) is 16.8. The summed E-state index contributed by atoms with van der Waals surface area (Å²) in [7, 11) is -2.95. The van der Waals surface area contributed by atoms with E-state index in [9.17, 15) is 26.4 Å². The van der Waals surface area contributed by atoms with E-state index in [1.165, 1.54) is 13.2 Å². The van der Waals surface area contributed by atoms with Crippen LogP contribution in [0.15, 0.2) is 49.1 Å². The average molecular weight is 518 g/mol. The van der Waals surface area contributed by atoms with Gasteiger partial charge in [0, 0.05) is 10.0 Å². The first-order chi connectivity index (χ1) is 12.0. The summed E-state index contributed by atoms with van der Waals surface area (Å²) in [5, 5.41) is 0. The van der Waals surface area contributed by atoms with Crippen LogP contribution < -0.4 is 9.47 Å². The van der Waals surface area contributed by atoms with Crippen LogP contribution in [0.25, 0.3) is 0 Å². The Morgan fingerprint density at radius 1 is 1.08 bits per heavy atom. The third kappa shape index (κ3) is 4.21. The molecule has 140 valence electrons. The van der Waals surface area contributed by atoms with Crippen molar-refractivity contribution in [2.75, 3.05) is 7.11 Å². The summed E-state index contributed by atoms with van der Waals surface area (Å²) in [4.78, 5) is 10.5. The van der Waals surface area contributed by atoms with Crippen molar-refractivity contribution < 1.29 is 35.9 Å². The molecule has 2 aromatic rings. The Morgan fingerprint density at radius 3 is 2.12 bits per heavy atom. The van der Waals surface area contributed by atoms with E-state index in [1.54, 1.807) is 0 Å². The highest BCUT2D eigenvalue weighted by atomic mass is 79.9. The first-order valence-electron chi connectivity index (χ1n) is 6.63. The molecule has 2 rings (SSSR count). The van der Waals surface area contributed by atoms with Gasteiger partial charge in [-0.2, -0.15) is 0 Å². The number of sulfone groups is 1. The number of methoxy groups -OCH3 is 1. The third-order valence-electron chi connectivity index (χ3n) is 3.14. The SMILES string of the molecule is COc1cc(C=O)c(Br)c(Br)c1S(=O)(=O)c1ccc(OC(F)(F)F)cc1. The van der Waals surface area contributed by atoms with Crippen molar-refractivity contribution in [2.45, 2.75) is 16.2 Å². The molecule has 0 heterocycles. The molecule has 0 bridgehead atoms. The number of rotatable bonds is 5. The molecule has 0 N–H and O–H groups in total. The van der Waals surface area contributed by atoms with Gasteiger partial charge in [0.15, 0.2) is 6.29 Å². The second kappa shape index (κ2) is 7.57. The topological polar surface area (TPSA) is 69.7 Å². The molecule has 0 saturated carbocycles. The van der Waals surface area contributed by atoms with Crippen LogP contribution in [0.3, 0.4) is 0 Å². The zero-order chi connectivity index (χ0) is 19.7. The first kappa shape index (κ1) is 20.7. The van der Waals surface area contributed by atoms with E-state index in [2.05, 4.69) is 36.6 Å². The molecular weight excluding hydrogens is 509 g/mol. The molecule has 0 aromatic heterocycles. The third-order valence-corrected chi connectivity index (χ3v) is 7.42. The quantitative estimate of drug-likeness (QED) is 0.535. The molecule has 5 nitrogen and oxygen atoms in total. The molecule has 0 atom stereocenters. The Balaban J connectivity index is 2.58. The lowest BCUT2D eigenvalue weighted by atomic mass is 10.2. The number of hydrogen-bond acceptors (Lipinski definition) is 5. The van der Waals surface area contributed by atoms with Gasteiger partial charge in [-0.25, -0.2) is 8.42 Å². The molecule has 0 spiro atoms. The first-order valence-corrected chi connectivity index (χ1v) is 9.70. The van der Waals surface area contributed by atoms with Crippen LogP contribution in [-0.2, 0) is 9.84 Å². The van der Waals surface area contributed by atoms with E-state index in [4.69, 9.17) is 4.74 Å². The molecule has 0 saturated heterocycles. The van der Waals surface area contributed by atoms with Crippen molar-refractivity contribution in [3.63, 3.8) is 0 Å². The Bertz CT molecular complexity index is 941. The van der Waals surface area contributed by atoms with Gasteiger partial charge in [0.25, 0.3) is 0 Å². The molecule has 26 heavy (non-hydrogen) atoms. The van der Waals surface area contributed by atoms with Gasteiger partial charge < -0.3 is 9.47 Å². The largest absolute Gasteiger partial charge is 0.573 e. The molecule has 0 aliphatic carbocycles. The maximum Gasteiger partial charge on any atom is 0.573 e. The predicted molar refractivity (Wildman–Crippen MR) is 92.4 cm³/mol. The minimum absolute atomic E-state index is 0.0505. The van der Waals surface area contributed by atoms with E-state index in [0.717, 1.165) is 24.3 Å². The lowest BCUT2D eigenvalue weighted by Crippen LogP contribution is -2.17. The van der Waals surface area contributed by atoms with Gasteiger partial charge in [-0.05, 0) is 62.2 Å². The van der Waals surface area contributed by atoms with Crippen molar-refractivity contribution in [1.29, 1.82) is 0 Å². The normalized spacial score (nSPS) is 11.9. The molecule has 0 fully saturated rings. The fourth-order valence-electron chi connectivity index (χ4n) is 2.03. The standard InChI is InChI=1S/C15H9Br2F3O5S/c1-24-11-6-8(7-21)12(16)13(17)14(11)26(22,23)10-4-2-9(3-5-10)25-15(18,19)20/h2-7H,1H3. The number of ether oxygens (including phenoxy) is 2. The monoisotopic (exact) mass is 516 g/mol. The van der Waals surface area contributed by atoms with Crippen molar-refractivity contribution in [2.24, 2.45) is 0 Å². The van der Waals surface area contributed by atoms with Crippen molar-refractivity contribution in [3.05, 3.63) is 44.8 Å². The van der Waals surface area contributed by atoms with Gasteiger partial charge in [-0.15, -0.1) is 13.2 Å². The van der Waals surface area contributed by atoms with Crippen LogP contribution in [0.1, 0.15) is 10.4 Å². The van der Waals surface area contributed by atoms with E-state index < -0.39 is 21.9 Å². The second-order valence-electron chi connectivity index (χ2n) is 4.77. The Kier molecular flexibility index (Phi) is 6.03. The van der Waals surface area contributed by atoms with Gasteiger partial charge in [0.1, 0.15) is 16.4 Å². The van der Waals surface area contributed by atoms with Gasteiger partial charge in [-0.1, -0.05) is 0 Å². The molecule has 11 heteroatoms. The lowest BCUT2D eigenvalue weighted by Gasteiger charge is -2.15. The molecule has 0 radical (unpaired) electrons. The number of alkyl halides is 3. The molecule has 0 aliphatic heterocycles. The summed E-state index contributed by atoms with van der Waals surface area (Å²) in [6.07, 6.45) is -4.38. The van der Waals surface area contributed by atoms with E-state index in [0.29, 0.717) is 6.29 Å². The molecule has 2 aromatic carbocycles. The van der Waals surface area contributed by atoms with Crippen LogP contribution in [0.5, 0.6) is 11.5 Å². The van der Waals surface area contributed by atoms with Crippen LogP contribution >= 0.6 is 31.9 Å². The van der Waals surface area contributed by atoms with Crippen LogP contribution in [0, 0.1) is 0 Å². The maximum absolute atomic E-state index is 12.9. The van der Waals surface area contributed by atoms with Gasteiger partial charge in [0.05, 0.1) is 16.5 Å². The van der Waals surface area contributed by atoms with E-state index >= 15 is 0 Å². The molecular formula is C15H9Br2F3O5S. The molecule has 0 aliphatic rings. The summed E-state index contributed by atoms with van der Waals surface area (Å²) in [6.45, 7) is 0. The fraction of sp³-hybridized carbons (Fsp3) is 0.133. The molecule has 0 unspecified atom stereocenters. The Labute approximate surface area is 163 Å². The number of aldehydes is 1. The summed E-state index contributed by atoms with van der Waals surface area (Å²) in [6, 6.07) is 4.95. The van der Waals surface area contributed by atoms with Crippen molar-refractivity contribution >= 4 is 48.0 Å². The summed E-state index contributed by atoms with van der Waals surface area (Å²) >= 11 is 6.23. The number of hydrogen-bond donors (Lipinski definition) is 0. The maximum atomic E-state index is 12.9. The summed E-state index contributed by atoms with van der Waals surface area (Å²) in [5.41, 5.74) is 0.154. The Morgan fingerprint density at radius 2 is 1.65 bits per heavy atom. The highest BCUT2D eigenvalue weighted by molar-refractivity contribution is 9.13. The van der Waals surface area contributed by atoms with Crippen LogP contribution in [0.2, 0.25) is 0 Å². The second-order valence-corrected chi connectivity index (χ2v) is 8.24. The highest BCUT2D eigenvalue weighted by Crippen LogP contribution is 2.41. The van der Waals surface area contributed by atoms with Crippen LogP contribution in [0.4, 0.5) is 13.2 Å². The van der Waals surface area contributed by atoms with Gasteiger partial charge in [-0.3, -0.25) is 4.79 Å². The van der Waals surface area contributed by atoms with E-state index in [1.807, 2.05) is 0 Å².